The molecule has 0 aromatic carbocycles. The Bertz CT molecular complexity index is 175. The van der Waals surface area contributed by atoms with Crippen LogP contribution in [-0.4, -0.2) is 23.0 Å². The Morgan fingerprint density at radius 3 is 2.36 bits per heavy atom. The summed E-state index contributed by atoms with van der Waals surface area (Å²) in [5.41, 5.74) is 7.65. The second kappa shape index (κ2) is 7.09. The second-order valence-corrected chi connectivity index (χ2v) is 5.28. The Hall–Kier alpha value is -0.260. The maximum absolute atomic E-state index is 11.4. The molecule has 2 atom stereocenters. The van der Waals surface area contributed by atoms with E-state index >= 15 is 0 Å². The third-order valence-electron chi connectivity index (χ3n) is 1.96. The van der Waals surface area contributed by atoms with Gasteiger partial charge in [-0.2, -0.15) is 0 Å². The van der Waals surface area contributed by atoms with Crippen molar-refractivity contribution in [2.24, 2.45) is 17.5 Å². The third kappa shape index (κ3) is 4.83. The van der Waals surface area contributed by atoms with Crippen molar-refractivity contribution < 1.29 is 4.79 Å². The predicted octanol–water partition coefficient (Wildman–Crippen LogP) is 0.471. The summed E-state index contributed by atoms with van der Waals surface area (Å²) in [7, 11) is 0. The molecule has 0 aromatic heterocycles. The first-order chi connectivity index (χ1) is 6.52. The number of carbonyl (C=O) groups is 1. The zero-order valence-corrected chi connectivity index (χ0v) is 9.93. The average molecular weight is 219 g/mol. The molecule has 1 amide bonds. The molecule has 0 fully saturated rings. The minimum atomic E-state index is -0.103. The number of hydrazine groups is 1. The molecule has 0 rings (SSSR count). The molecule has 5 heteroatoms. The monoisotopic (exact) mass is 219 g/mol. The van der Waals surface area contributed by atoms with Crippen molar-refractivity contribution in [2.75, 3.05) is 6.54 Å². The van der Waals surface area contributed by atoms with E-state index in [0.717, 1.165) is 6.42 Å². The van der Waals surface area contributed by atoms with E-state index < -0.39 is 0 Å². The molecule has 84 valence electrons. The van der Waals surface area contributed by atoms with E-state index in [-0.39, 0.29) is 17.1 Å². The fraction of sp³-hybridized carbons (Fsp3) is 0.889. The van der Waals surface area contributed by atoms with E-state index in [2.05, 4.69) is 12.3 Å². The first-order valence-corrected chi connectivity index (χ1v) is 5.83. The van der Waals surface area contributed by atoms with Gasteiger partial charge in [-0.1, -0.05) is 20.8 Å². The van der Waals surface area contributed by atoms with Gasteiger partial charge in [0.2, 0.25) is 5.91 Å². The molecule has 0 aliphatic heterocycles. The van der Waals surface area contributed by atoms with E-state index in [4.69, 9.17) is 11.6 Å². The highest BCUT2D eigenvalue weighted by atomic mass is 32.2. The van der Waals surface area contributed by atoms with Crippen LogP contribution in [0.15, 0.2) is 0 Å². The van der Waals surface area contributed by atoms with E-state index in [1.165, 1.54) is 0 Å². The molecule has 14 heavy (non-hydrogen) atoms. The third-order valence-corrected chi connectivity index (χ3v) is 3.71. The van der Waals surface area contributed by atoms with Crippen LogP contribution >= 0.6 is 11.8 Å². The van der Waals surface area contributed by atoms with Gasteiger partial charge in [0.1, 0.15) is 0 Å². The summed E-state index contributed by atoms with van der Waals surface area (Å²) < 4.78 is 0. The van der Waals surface area contributed by atoms with Gasteiger partial charge in [0, 0.05) is 5.25 Å². The van der Waals surface area contributed by atoms with E-state index in [9.17, 15) is 4.79 Å². The van der Waals surface area contributed by atoms with Crippen LogP contribution in [-0.2, 0) is 4.79 Å². The standard InChI is InChI=1S/C9H21N3OS/c1-6(2)8(9(13)12-11)14-7(3)4-5-10/h6-8H,4-5,10-11H2,1-3H3,(H,12,13). The summed E-state index contributed by atoms with van der Waals surface area (Å²) in [6.45, 7) is 6.77. The van der Waals surface area contributed by atoms with Gasteiger partial charge in [-0.25, -0.2) is 5.84 Å². The minimum absolute atomic E-state index is 0.0819. The van der Waals surface area contributed by atoms with Crippen LogP contribution in [0, 0.1) is 5.92 Å². The summed E-state index contributed by atoms with van der Waals surface area (Å²) in [6, 6.07) is 0. The van der Waals surface area contributed by atoms with Crippen LogP contribution < -0.4 is 17.0 Å². The van der Waals surface area contributed by atoms with Crippen LogP contribution in [0.2, 0.25) is 0 Å². The zero-order valence-electron chi connectivity index (χ0n) is 9.12. The van der Waals surface area contributed by atoms with Gasteiger partial charge in [0.15, 0.2) is 0 Å². The number of nitrogens with two attached hydrogens (primary N) is 2. The minimum Gasteiger partial charge on any atom is -0.330 e. The SMILES string of the molecule is CC(CCN)SC(C(=O)NN)C(C)C. The van der Waals surface area contributed by atoms with Crippen LogP contribution in [0.5, 0.6) is 0 Å². The lowest BCUT2D eigenvalue weighted by atomic mass is 10.1. The lowest BCUT2D eigenvalue weighted by Crippen LogP contribution is -2.40. The average Bonchev–Trinajstić information content (AvgIpc) is 2.13. The first kappa shape index (κ1) is 13.7. The fourth-order valence-corrected chi connectivity index (χ4v) is 2.44. The van der Waals surface area contributed by atoms with Crippen molar-refractivity contribution in [3.05, 3.63) is 0 Å². The summed E-state index contributed by atoms with van der Waals surface area (Å²) in [4.78, 5) is 11.4. The maximum Gasteiger partial charge on any atom is 0.247 e. The fourth-order valence-electron chi connectivity index (χ4n) is 1.16. The number of thioether (sulfide) groups is 1. The van der Waals surface area contributed by atoms with Gasteiger partial charge in [-0.3, -0.25) is 10.2 Å². The number of rotatable bonds is 6. The number of hydrogen-bond acceptors (Lipinski definition) is 4. The zero-order chi connectivity index (χ0) is 11.1. The van der Waals surface area contributed by atoms with Crippen molar-refractivity contribution in [3.63, 3.8) is 0 Å². The van der Waals surface area contributed by atoms with Gasteiger partial charge in [-0.15, -0.1) is 11.8 Å². The molecule has 0 heterocycles. The van der Waals surface area contributed by atoms with Crippen molar-refractivity contribution in [1.82, 2.24) is 5.43 Å². The predicted molar refractivity (Wildman–Crippen MR) is 61.7 cm³/mol. The largest absolute Gasteiger partial charge is 0.330 e. The molecule has 0 aliphatic rings. The first-order valence-electron chi connectivity index (χ1n) is 4.88. The lowest BCUT2D eigenvalue weighted by molar-refractivity contribution is -0.121. The molecule has 4 nitrogen and oxygen atoms in total. The molecule has 0 bridgehead atoms. The Morgan fingerprint density at radius 2 is 2.00 bits per heavy atom. The molecule has 0 radical (unpaired) electrons. The van der Waals surface area contributed by atoms with Gasteiger partial charge in [0.05, 0.1) is 5.25 Å². The molecular formula is C9H21N3OS. The highest BCUT2D eigenvalue weighted by molar-refractivity contribution is 8.01. The quantitative estimate of drug-likeness (QED) is 0.345. The van der Waals surface area contributed by atoms with Crippen LogP contribution in [0.25, 0.3) is 0 Å². The van der Waals surface area contributed by atoms with E-state index in [0.29, 0.717) is 11.8 Å². The molecule has 0 aliphatic carbocycles. The Kier molecular flexibility index (Phi) is 6.96. The number of carbonyl (C=O) groups excluding carboxylic acids is 1. The normalized spacial score (nSPS) is 15.3. The number of amides is 1. The smallest absolute Gasteiger partial charge is 0.247 e. The maximum atomic E-state index is 11.4. The summed E-state index contributed by atoms with van der Waals surface area (Å²) in [5, 5.41) is 0.311. The van der Waals surface area contributed by atoms with Gasteiger partial charge in [0.25, 0.3) is 0 Å². The highest BCUT2D eigenvalue weighted by Crippen LogP contribution is 2.25. The Morgan fingerprint density at radius 1 is 1.43 bits per heavy atom. The van der Waals surface area contributed by atoms with Crippen molar-refractivity contribution in [2.45, 2.75) is 37.7 Å². The summed E-state index contributed by atoms with van der Waals surface area (Å²) in [6.07, 6.45) is 0.922. The second-order valence-electron chi connectivity index (χ2n) is 3.70. The van der Waals surface area contributed by atoms with Gasteiger partial charge >= 0.3 is 0 Å². The molecular weight excluding hydrogens is 198 g/mol. The summed E-state index contributed by atoms with van der Waals surface area (Å²) in [5.74, 6) is 5.30. The molecule has 2 unspecified atom stereocenters. The lowest BCUT2D eigenvalue weighted by Gasteiger charge is -2.21. The van der Waals surface area contributed by atoms with Gasteiger partial charge in [-0.05, 0) is 18.9 Å². The van der Waals surface area contributed by atoms with E-state index in [1.54, 1.807) is 11.8 Å². The number of hydrogen-bond donors (Lipinski definition) is 3. The molecule has 0 spiro atoms. The topological polar surface area (TPSA) is 81.1 Å². The van der Waals surface area contributed by atoms with Crippen LogP contribution in [0.3, 0.4) is 0 Å². The summed E-state index contributed by atoms with van der Waals surface area (Å²) >= 11 is 1.64. The molecule has 0 saturated heterocycles. The van der Waals surface area contributed by atoms with Crippen molar-refractivity contribution >= 4 is 17.7 Å². The Balaban J connectivity index is 4.16. The molecule has 0 aromatic rings. The van der Waals surface area contributed by atoms with Crippen LogP contribution in [0.1, 0.15) is 27.2 Å². The molecule has 0 saturated carbocycles. The van der Waals surface area contributed by atoms with Crippen molar-refractivity contribution in [1.29, 1.82) is 0 Å². The Labute approximate surface area is 90.1 Å². The van der Waals surface area contributed by atoms with E-state index in [1.807, 2.05) is 13.8 Å². The van der Waals surface area contributed by atoms with Crippen LogP contribution in [0.4, 0.5) is 0 Å². The molecule has 5 N–H and O–H groups in total. The number of nitrogens with one attached hydrogen (secondary N) is 1. The highest BCUT2D eigenvalue weighted by Gasteiger charge is 2.23. The van der Waals surface area contributed by atoms with Gasteiger partial charge < -0.3 is 5.73 Å². The van der Waals surface area contributed by atoms with Crippen molar-refractivity contribution in [3.8, 4) is 0 Å².